The lowest BCUT2D eigenvalue weighted by atomic mass is 9.84. The van der Waals surface area contributed by atoms with Crippen LogP contribution in [0.15, 0.2) is 70.9 Å². The summed E-state index contributed by atoms with van der Waals surface area (Å²) in [6, 6.07) is 21.5. The van der Waals surface area contributed by atoms with Crippen LogP contribution in [0.5, 0.6) is 5.75 Å². The molecule has 0 aliphatic heterocycles. The molecule has 1 aliphatic rings. The first-order valence-electron chi connectivity index (χ1n) is 11.5. The summed E-state index contributed by atoms with van der Waals surface area (Å²) in [4.78, 5) is 0. The van der Waals surface area contributed by atoms with Crippen LogP contribution in [-0.2, 0) is 5.41 Å². The number of aliphatic hydroxyl groups is 2. The van der Waals surface area contributed by atoms with Gasteiger partial charge in [0.15, 0.2) is 6.29 Å². The summed E-state index contributed by atoms with van der Waals surface area (Å²) < 4.78 is 7.46. The van der Waals surface area contributed by atoms with Crippen LogP contribution in [-0.4, -0.2) is 22.0 Å². The van der Waals surface area contributed by atoms with E-state index in [2.05, 4.69) is 48.8 Å². The van der Waals surface area contributed by atoms with Crippen molar-refractivity contribution < 1.29 is 20.4 Å². The van der Waals surface area contributed by atoms with Crippen molar-refractivity contribution in [1.82, 2.24) is 0 Å². The third-order valence-electron chi connectivity index (χ3n) is 5.87. The first-order valence-corrected chi connectivity index (χ1v) is 12.3. The molecule has 0 spiro atoms. The van der Waals surface area contributed by atoms with E-state index in [1.54, 1.807) is 18.2 Å². The highest BCUT2D eigenvalue weighted by Gasteiger charge is 2.25. The van der Waals surface area contributed by atoms with Crippen LogP contribution >= 0.6 is 15.9 Å². The first-order chi connectivity index (χ1) is 16.6. The smallest absolute Gasteiger partial charge is 0.157 e. The number of rotatable bonds is 3. The van der Waals surface area contributed by atoms with Crippen molar-refractivity contribution in [3.8, 4) is 17.9 Å². The van der Waals surface area contributed by atoms with Crippen molar-refractivity contribution in [2.24, 2.45) is 5.92 Å². The van der Waals surface area contributed by atoms with Crippen LogP contribution in [0.25, 0.3) is 10.8 Å². The molecule has 3 aromatic rings. The molecule has 1 unspecified atom stereocenters. The van der Waals surface area contributed by atoms with E-state index >= 15 is 0 Å². The number of nitriles is 2. The Kier molecular flexibility index (Phi) is 10.2. The molecule has 0 radical (unpaired) electrons. The lowest BCUT2D eigenvalue weighted by Gasteiger charge is -2.27. The molecule has 36 heavy (non-hydrogen) atoms. The number of allylic oxidation sites excluding steroid dienone is 1. The van der Waals surface area contributed by atoms with Crippen molar-refractivity contribution in [2.45, 2.75) is 51.7 Å². The second-order valence-electron chi connectivity index (χ2n) is 9.54. The number of aliphatic hydroxyl groups excluding tert-OH is 1. The van der Waals surface area contributed by atoms with E-state index in [4.69, 9.17) is 4.74 Å². The number of benzene rings is 3. The average Bonchev–Trinajstić information content (AvgIpc) is 2.83. The fourth-order valence-electron chi connectivity index (χ4n) is 4.01. The van der Waals surface area contributed by atoms with Crippen molar-refractivity contribution in [1.29, 1.82) is 10.5 Å². The van der Waals surface area contributed by atoms with Crippen molar-refractivity contribution in [2.75, 3.05) is 0 Å². The molecule has 4 N–H and O–H groups in total. The normalized spacial score (nSPS) is 15.0. The summed E-state index contributed by atoms with van der Waals surface area (Å²) >= 11 is 3.31. The predicted molar refractivity (Wildman–Crippen MR) is 144 cm³/mol. The Morgan fingerprint density at radius 1 is 1.00 bits per heavy atom. The van der Waals surface area contributed by atoms with E-state index in [0.29, 0.717) is 35.5 Å². The molecule has 0 amide bonds. The van der Waals surface area contributed by atoms with E-state index in [9.17, 15) is 20.7 Å². The van der Waals surface area contributed by atoms with Crippen molar-refractivity contribution in [3.63, 3.8) is 0 Å². The van der Waals surface area contributed by atoms with E-state index in [1.165, 1.54) is 0 Å². The van der Waals surface area contributed by atoms with Gasteiger partial charge in [-0.15, -0.1) is 0 Å². The van der Waals surface area contributed by atoms with E-state index in [1.807, 2.05) is 42.5 Å². The van der Waals surface area contributed by atoms with Gasteiger partial charge in [-0.25, -0.2) is 0 Å². The molecule has 7 heteroatoms. The van der Waals surface area contributed by atoms with E-state index in [-0.39, 0.29) is 16.8 Å². The summed E-state index contributed by atoms with van der Waals surface area (Å²) in [6.07, 6.45) is 2.61. The minimum atomic E-state index is -1.41. The second kappa shape index (κ2) is 12.7. The third kappa shape index (κ3) is 7.16. The molecule has 3 aromatic carbocycles. The Balaban J connectivity index is 0.000000492. The predicted octanol–water partition coefficient (Wildman–Crippen LogP) is 5.88. The highest BCUT2D eigenvalue weighted by atomic mass is 79.9. The maximum Gasteiger partial charge on any atom is 0.157 e. The molecular formula is C29H31BrN2O4. The first kappa shape index (κ1) is 29.0. The Morgan fingerprint density at radius 3 is 2.17 bits per heavy atom. The van der Waals surface area contributed by atoms with Crippen molar-refractivity contribution >= 4 is 26.7 Å². The Hall–Kier alpha value is -3.20. The van der Waals surface area contributed by atoms with Gasteiger partial charge in [0.2, 0.25) is 0 Å². The lowest BCUT2D eigenvalue weighted by molar-refractivity contribution is -0.0743. The number of hydrogen-bond donors (Lipinski definition) is 2. The Bertz CT molecular complexity index is 1300. The van der Waals surface area contributed by atoms with Gasteiger partial charge in [-0.3, -0.25) is 0 Å². The van der Waals surface area contributed by atoms with Crippen molar-refractivity contribution in [3.05, 3.63) is 87.6 Å². The number of halogens is 1. The fraction of sp³-hybridized carbons (Fsp3) is 0.310. The van der Waals surface area contributed by atoms with Crippen LogP contribution in [0.4, 0.5) is 0 Å². The van der Waals surface area contributed by atoms with Gasteiger partial charge < -0.3 is 20.4 Å². The highest BCUT2D eigenvalue weighted by Crippen LogP contribution is 2.40. The number of nitrogens with zero attached hydrogens (tertiary/aromatic N) is 2. The molecule has 0 fully saturated rings. The molecule has 1 atom stereocenters. The fourth-order valence-corrected chi connectivity index (χ4v) is 4.32. The minimum absolute atomic E-state index is 0. The summed E-state index contributed by atoms with van der Waals surface area (Å²) in [5, 5.41) is 39.4. The third-order valence-corrected chi connectivity index (χ3v) is 6.40. The maximum absolute atomic E-state index is 9.53. The van der Waals surface area contributed by atoms with Gasteiger partial charge in [-0.05, 0) is 54.0 Å². The van der Waals surface area contributed by atoms with Gasteiger partial charge in [-0.1, -0.05) is 67.0 Å². The summed E-state index contributed by atoms with van der Waals surface area (Å²) in [5.41, 5.74) is 1.44. The quantitative estimate of drug-likeness (QED) is 0.393. The van der Waals surface area contributed by atoms with Gasteiger partial charge in [0.25, 0.3) is 0 Å². The van der Waals surface area contributed by atoms with Gasteiger partial charge in [0.1, 0.15) is 23.6 Å². The van der Waals surface area contributed by atoms with Crippen LogP contribution in [0.2, 0.25) is 0 Å². The van der Waals surface area contributed by atoms with Crippen LogP contribution < -0.4 is 4.74 Å². The topological polar surface area (TPSA) is 129 Å². The maximum atomic E-state index is 9.53. The van der Waals surface area contributed by atoms with Gasteiger partial charge in [0, 0.05) is 27.8 Å². The zero-order valence-electron chi connectivity index (χ0n) is 20.6. The number of ether oxygens (including phenoxy) is 1. The minimum Gasteiger partial charge on any atom is -0.461 e. The van der Waals surface area contributed by atoms with Crippen LogP contribution in [0.3, 0.4) is 0 Å². The number of fused-ring (bicyclic) bond motifs is 1. The molecule has 0 heterocycles. The monoisotopic (exact) mass is 550 g/mol. The van der Waals surface area contributed by atoms with Gasteiger partial charge in [-0.2, -0.15) is 10.5 Å². The Labute approximate surface area is 220 Å². The molecule has 4 rings (SSSR count). The zero-order valence-corrected chi connectivity index (χ0v) is 22.2. The van der Waals surface area contributed by atoms with E-state index in [0.717, 1.165) is 27.2 Å². The number of hydrogen-bond acceptors (Lipinski definition) is 5. The largest absolute Gasteiger partial charge is 0.461 e. The van der Waals surface area contributed by atoms with Gasteiger partial charge >= 0.3 is 0 Å². The van der Waals surface area contributed by atoms with Crippen LogP contribution in [0.1, 0.15) is 56.7 Å². The molecule has 6 nitrogen and oxygen atoms in total. The molecule has 188 valence electrons. The summed E-state index contributed by atoms with van der Waals surface area (Å²) in [7, 11) is 0. The standard InChI is InChI=1S/C23H24N2O3.C6H5Br.H2O/c1-23(2,3)20-8-7-14-9-16(12-24)17(13-25)11-19(14)21(20)28-18-6-4-5-15(10-18)22(26)27;7-6-4-2-1-3-5-6;/h7-11,15,22,26-27H,4-6H2,1-3H3;1-5H;1H2. The molecule has 0 saturated carbocycles. The molecule has 0 saturated heterocycles. The highest BCUT2D eigenvalue weighted by molar-refractivity contribution is 9.10. The second-order valence-corrected chi connectivity index (χ2v) is 10.5. The van der Waals surface area contributed by atoms with Gasteiger partial charge in [0.05, 0.1) is 11.1 Å². The average molecular weight is 551 g/mol. The lowest BCUT2D eigenvalue weighted by Crippen LogP contribution is -2.22. The van der Waals surface area contributed by atoms with Crippen LogP contribution in [0, 0.1) is 28.6 Å². The Morgan fingerprint density at radius 2 is 1.64 bits per heavy atom. The molecule has 0 bridgehead atoms. The summed E-state index contributed by atoms with van der Waals surface area (Å²) in [6.45, 7) is 6.27. The molecular weight excluding hydrogens is 520 g/mol. The zero-order chi connectivity index (χ0) is 25.6. The molecule has 0 aromatic heterocycles. The van der Waals surface area contributed by atoms with E-state index < -0.39 is 6.29 Å². The SMILES string of the molecule is Brc1ccccc1.CC(C)(C)c1ccc2cc(C#N)c(C#N)cc2c1OC1=CC(C(O)O)CCC1.O. The molecule has 1 aliphatic carbocycles. The summed E-state index contributed by atoms with van der Waals surface area (Å²) in [5.74, 6) is 1.01.